The van der Waals surface area contributed by atoms with Crippen LogP contribution in [0, 0.1) is 5.92 Å². The zero-order chi connectivity index (χ0) is 11.2. The van der Waals surface area contributed by atoms with Crippen molar-refractivity contribution < 1.29 is 4.74 Å². The van der Waals surface area contributed by atoms with Crippen molar-refractivity contribution in [3.63, 3.8) is 0 Å². The lowest BCUT2D eigenvalue weighted by molar-refractivity contribution is -0.0210. The van der Waals surface area contributed by atoms with Crippen LogP contribution in [0.25, 0.3) is 0 Å². The average Bonchev–Trinajstić information content (AvgIpc) is 2.61. The zero-order valence-corrected chi connectivity index (χ0v) is 10.7. The molecule has 0 aromatic rings. The molecule has 1 heterocycles. The van der Waals surface area contributed by atoms with Gasteiger partial charge in [-0.1, -0.05) is 25.7 Å². The summed E-state index contributed by atoms with van der Waals surface area (Å²) < 4.78 is 5.96. The van der Waals surface area contributed by atoms with Crippen LogP contribution in [0.2, 0.25) is 0 Å². The van der Waals surface area contributed by atoms with Gasteiger partial charge in [-0.3, -0.25) is 0 Å². The van der Waals surface area contributed by atoms with E-state index in [2.05, 4.69) is 12.4 Å². The van der Waals surface area contributed by atoms with E-state index in [4.69, 9.17) is 4.74 Å². The SMILES string of the molecule is CNC(C1CCCCCC1)C1CCCCO1. The molecule has 2 aliphatic rings. The van der Waals surface area contributed by atoms with Gasteiger partial charge in [0.15, 0.2) is 0 Å². The van der Waals surface area contributed by atoms with Crippen molar-refractivity contribution in [1.29, 1.82) is 0 Å². The Hall–Kier alpha value is -0.0800. The first-order valence-corrected chi connectivity index (χ1v) is 7.20. The molecule has 0 spiro atoms. The summed E-state index contributed by atoms with van der Waals surface area (Å²) in [7, 11) is 2.12. The van der Waals surface area contributed by atoms with E-state index >= 15 is 0 Å². The smallest absolute Gasteiger partial charge is 0.0730 e. The average molecular weight is 225 g/mol. The van der Waals surface area contributed by atoms with Gasteiger partial charge in [0.05, 0.1) is 6.10 Å². The van der Waals surface area contributed by atoms with Gasteiger partial charge in [-0.2, -0.15) is 0 Å². The molecular formula is C14H27NO. The Morgan fingerprint density at radius 2 is 1.62 bits per heavy atom. The molecule has 0 aromatic heterocycles. The molecule has 0 amide bonds. The highest BCUT2D eigenvalue weighted by Gasteiger charge is 2.30. The summed E-state index contributed by atoms with van der Waals surface area (Å²) >= 11 is 0. The van der Waals surface area contributed by atoms with Crippen LogP contribution in [-0.2, 0) is 4.74 Å². The fraction of sp³-hybridized carbons (Fsp3) is 1.00. The number of nitrogens with one attached hydrogen (secondary N) is 1. The van der Waals surface area contributed by atoms with E-state index in [1.165, 1.54) is 57.8 Å². The van der Waals surface area contributed by atoms with Crippen LogP contribution in [0.3, 0.4) is 0 Å². The normalized spacial score (nSPS) is 30.9. The van der Waals surface area contributed by atoms with Gasteiger partial charge in [0.2, 0.25) is 0 Å². The van der Waals surface area contributed by atoms with Crippen LogP contribution >= 0.6 is 0 Å². The number of hydrogen-bond donors (Lipinski definition) is 1. The maximum absolute atomic E-state index is 5.96. The van der Waals surface area contributed by atoms with E-state index in [-0.39, 0.29) is 0 Å². The second-order valence-electron chi connectivity index (χ2n) is 5.47. The van der Waals surface area contributed by atoms with E-state index < -0.39 is 0 Å². The van der Waals surface area contributed by atoms with Crippen LogP contribution in [0.1, 0.15) is 57.8 Å². The van der Waals surface area contributed by atoms with E-state index in [1.54, 1.807) is 0 Å². The highest BCUT2D eigenvalue weighted by molar-refractivity contribution is 4.85. The van der Waals surface area contributed by atoms with Crippen molar-refractivity contribution in [3.05, 3.63) is 0 Å². The van der Waals surface area contributed by atoms with Gasteiger partial charge >= 0.3 is 0 Å². The fourth-order valence-corrected chi connectivity index (χ4v) is 3.44. The van der Waals surface area contributed by atoms with E-state index in [9.17, 15) is 0 Å². The first-order valence-electron chi connectivity index (χ1n) is 7.20. The zero-order valence-electron chi connectivity index (χ0n) is 10.7. The number of ether oxygens (including phenoxy) is 1. The second-order valence-corrected chi connectivity index (χ2v) is 5.47. The molecule has 0 radical (unpaired) electrons. The summed E-state index contributed by atoms with van der Waals surface area (Å²) in [5, 5.41) is 3.54. The van der Waals surface area contributed by atoms with E-state index in [0.29, 0.717) is 12.1 Å². The molecule has 1 aliphatic carbocycles. The van der Waals surface area contributed by atoms with Crippen molar-refractivity contribution in [1.82, 2.24) is 5.32 Å². The van der Waals surface area contributed by atoms with Gasteiger partial charge in [-0.25, -0.2) is 0 Å². The third-order valence-electron chi connectivity index (χ3n) is 4.36. The quantitative estimate of drug-likeness (QED) is 0.745. The molecule has 1 aliphatic heterocycles. The molecule has 1 saturated carbocycles. The predicted molar refractivity (Wildman–Crippen MR) is 67.6 cm³/mol. The highest BCUT2D eigenvalue weighted by Crippen LogP contribution is 2.30. The lowest BCUT2D eigenvalue weighted by atomic mass is 9.86. The van der Waals surface area contributed by atoms with E-state index in [1.807, 2.05) is 0 Å². The highest BCUT2D eigenvalue weighted by atomic mass is 16.5. The van der Waals surface area contributed by atoms with Crippen molar-refractivity contribution in [2.45, 2.75) is 69.9 Å². The third-order valence-corrected chi connectivity index (χ3v) is 4.36. The van der Waals surface area contributed by atoms with Crippen molar-refractivity contribution in [2.75, 3.05) is 13.7 Å². The number of rotatable bonds is 3. The summed E-state index contributed by atoms with van der Waals surface area (Å²) in [6, 6.07) is 0.610. The first kappa shape index (κ1) is 12.4. The number of likely N-dealkylation sites (N-methyl/N-ethyl adjacent to an activating group) is 1. The minimum absolute atomic E-state index is 0.488. The molecule has 2 atom stereocenters. The molecule has 2 nitrogen and oxygen atoms in total. The van der Waals surface area contributed by atoms with Crippen LogP contribution in [0.15, 0.2) is 0 Å². The Balaban J connectivity index is 1.90. The van der Waals surface area contributed by atoms with Crippen LogP contribution in [-0.4, -0.2) is 25.8 Å². The molecule has 0 bridgehead atoms. The molecule has 1 N–H and O–H groups in total. The summed E-state index contributed by atoms with van der Waals surface area (Å²) in [5.74, 6) is 0.857. The summed E-state index contributed by atoms with van der Waals surface area (Å²) in [6.07, 6.45) is 12.9. The Labute approximate surface area is 100 Å². The Morgan fingerprint density at radius 1 is 0.938 bits per heavy atom. The summed E-state index contributed by atoms with van der Waals surface area (Å²) in [6.45, 7) is 0.982. The first-order chi connectivity index (χ1) is 7.92. The maximum Gasteiger partial charge on any atom is 0.0730 e. The molecular weight excluding hydrogens is 198 g/mol. The Kier molecular flexibility index (Phi) is 5.11. The van der Waals surface area contributed by atoms with Crippen LogP contribution in [0.5, 0.6) is 0 Å². The molecule has 16 heavy (non-hydrogen) atoms. The lowest BCUT2D eigenvalue weighted by Crippen LogP contribution is -2.46. The molecule has 2 heteroatoms. The largest absolute Gasteiger partial charge is 0.377 e. The van der Waals surface area contributed by atoms with Gasteiger partial charge in [0.1, 0.15) is 0 Å². The standard InChI is InChI=1S/C14H27NO/c1-15-14(13-10-6-7-11-16-13)12-8-4-2-3-5-9-12/h12-15H,2-11H2,1H3. The summed E-state index contributed by atoms with van der Waals surface area (Å²) in [4.78, 5) is 0. The lowest BCUT2D eigenvalue weighted by Gasteiger charge is -2.35. The topological polar surface area (TPSA) is 21.3 Å². The predicted octanol–water partition coefficient (Wildman–Crippen LogP) is 3.11. The van der Waals surface area contributed by atoms with Gasteiger partial charge < -0.3 is 10.1 Å². The number of hydrogen-bond acceptors (Lipinski definition) is 2. The molecule has 2 unspecified atom stereocenters. The Bertz CT molecular complexity index is 181. The van der Waals surface area contributed by atoms with Gasteiger partial charge in [0.25, 0.3) is 0 Å². The Morgan fingerprint density at radius 3 is 2.19 bits per heavy atom. The van der Waals surface area contributed by atoms with Gasteiger partial charge in [0, 0.05) is 12.6 Å². The van der Waals surface area contributed by atoms with Crippen molar-refractivity contribution in [2.24, 2.45) is 5.92 Å². The minimum Gasteiger partial charge on any atom is -0.377 e. The summed E-state index contributed by atoms with van der Waals surface area (Å²) in [5.41, 5.74) is 0. The molecule has 2 fully saturated rings. The second kappa shape index (κ2) is 6.61. The minimum atomic E-state index is 0.488. The molecule has 2 rings (SSSR count). The molecule has 94 valence electrons. The van der Waals surface area contributed by atoms with Gasteiger partial charge in [-0.05, 0) is 45.1 Å². The van der Waals surface area contributed by atoms with E-state index in [0.717, 1.165) is 12.5 Å². The molecule has 1 saturated heterocycles. The van der Waals surface area contributed by atoms with Gasteiger partial charge in [-0.15, -0.1) is 0 Å². The van der Waals surface area contributed by atoms with Crippen molar-refractivity contribution in [3.8, 4) is 0 Å². The third kappa shape index (κ3) is 3.21. The van der Waals surface area contributed by atoms with Crippen LogP contribution in [0.4, 0.5) is 0 Å². The maximum atomic E-state index is 5.96. The van der Waals surface area contributed by atoms with Crippen molar-refractivity contribution >= 4 is 0 Å². The fourth-order valence-electron chi connectivity index (χ4n) is 3.44. The molecule has 0 aromatic carbocycles. The monoisotopic (exact) mass is 225 g/mol. The van der Waals surface area contributed by atoms with Crippen LogP contribution < -0.4 is 5.32 Å².